The Hall–Kier alpha value is -1.24. The van der Waals surface area contributed by atoms with Gasteiger partial charge in [0.1, 0.15) is 0 Å². The number of aromatic nitrogens is 1. The predicted octanol–water partition coefficient (Wildman–Crippen LogP) is 3.36. The molecule has 1 heterocycles. The van der Waals surface area contributed by atoms with E-state index in [4.69, 9.17) is 0 Å². The number of aryl methyl sites for hydroxylation is 2. The van der Waals surface area contributed by atoms with Crippen LogP contribution in [0.4, 0.5) is 0 Å². The van der Waals surface area contributed by atoms with E-state index in [9.17, 15) is 0 Å². The minimum absolute atomic E-state index is 0.856. The van der Waals surface area contributed by atoms with Crippen LogP contribution in [0.1, 0.15) is 30.0 Å². The third-order valence-electron chi connectivity index (χ3n) is 3.36. The van der Waals surface area contributed by atoms with Crippen LogP contribution in [0, 0.1) is 6.92 Å². The van der Waals surface area contributed by atoms with E-state index in [1.807, 2.05) is 0 Å². The smallest absolute Gasteiger partial charge is 0.0482 e. The molecule has 0 N–H and O–H groups in total. The molecule has 1 aromatic carbocycles. The first-order valence-corrected chi connectivity index (χ1v) is 5.31. The molecule has 1 saturated carbocycles. The zero-order chi connectivity index (χ0) is 9.71. The highest BCUT2D eigenvalue weighted by molar-refractivity contribution is 5.82. The molecule has 1 heteroatoms. The maximum atomic E-state index is 2.36. The Morgan fingerprint density at radius 3 is 2.71 bits per heavy atom. The first kappa shape index (κ1) is 8.10. The van der Waals surface area contributed by atoms with Gasteiger partial charge in [0.25, 0.3) is 0 Å². The summed E-state index contributed by atoms with van der Waals surface area (Å²) < 4.78 is 2.28. The van der Waals surface area contributed by atoms with Crippen LogP contribution in [-0.4, -0.2) is 4.57 Å². The molecule has 14 heavy (non-hydrogen) atoms. The van der Waals surface area contributed by atoms with Crippen molar-refractivity contribution in [3.8, 4) is 0 Å². The molecule has 0 radical (unpaired) electrons. The first-order valence-electron chi connectivity index (χ1n) is 5.31. The van der Waals surface area contributed by atoms with E-state index in [1.165, 1.54) is 35.0 Å². The molecule has 0 saturated heterocycles. The van der Waals surface area contributed by atoms with Crippen molar-refractivity contribution in [1.82, 2.24) is 4.57 Å². The van der Waals surface area contributed by atoms with Crippen LogP contribution in [0.15, 0.2) is 24.3 Å². The van der Waals surface area contributed by atoms with Crippen molar-refractivity contribution >= 4 is 10.9 Å². The number of hydrogen-bond acceptors (Lipinski definition) is 0. The Balaban J connectivity index is 2.25. The van der Waals surface area contributed by atoms with Gasteiger partial charge in [0.05, 0.1) is 0 Å². The molecule has 72 valence electrons. The highest BCUT2D eigenvalue weighted by Gasteiger charge is 2.23. The highest BCUT2D eigenvalue weighted by Crippen LogP contribution is 2.41. The van der Waals surface area contributed by atoms with Crippen LogP contribution >= 0.6 is 0 Å². The lowest BCUT2D eigenvalue weighted by atomic mass is 10.1. The maximum Gasteiger partial charge on any atom is 0.0482 e. The molecule has 0 amide bonds. The molecule has 1 aliphatic rings. The molecule has 2 aromatic rings. The van der Waals surface area contributed by atoms with Crippen molar-refractivity contribution in [1.29, 1.82) is 0 Å². The molecule has 3 rings (SSSR count). The van der Waals surface area contributed by atoms with Gasteiger partial charge >= 0.3 is 0 Å². The highest BCUT2D eigenvalue weighted by atomic mass is 14.9. The predicted molar refractivity (Wildman–Crippen MR) is 59.6 cm³/mol. The van der Waals surface area contributed by atoms with E-state index in [-0.39, 0.29) is 0 Å². The quantitative estimate of drug-likeness (QED) is 0.642. The molecule has 1 nitrogen and oxygen atoms in total. The number of fused-ring (bicyclic) bond motifs is 1. The Morgan fingerprint density at radius 1 is 1.21 bits per heavy atom. The van der Waals surface area contributed by atoms with Crippen molar-refractivity contribution in [2.24, 2.45) is 7.05 Å². The largest absolute Gasteiger partial charge is 0.348 e. The molecule has 1 aromatic heterocycles. The Morgan fingerprint density at radius 2 is 2.00 bits per heavy atom. The molecule has 0 atom stereocenters. The van der Waals surface area contributed by atoms with E-state index in [1.54, 1.807) is 0 Å². The summed E-state index contributed by atoms with van der Waals surface area (Å²) in [5.74, 6) is 0.856. The van der Waals surface area contributed by atoms with Gasteiger partial charge in [-0.05, 0) is 48.8 Å². The number of rotatable bonds is 1. The van der Waals surface area contributed by atoms with Crippen LogP contribution < -0.4 is 0 Å². The molecule has 0 aliphatic heterocycles. The van der Waals surface area contributed by atoms with Crippen molar-refractivity contribution in [3.05, 3.63) is 35.5 Å². The van der Waals surface area contributed by atoms with E-state index in [2.05, 4.69) is 42.8 Å². The fourth-order valence-corrected chi connectivity index (χ4v) is 2.16. The van der Waals surface area contributed by atoms with Crippen molar-refractivity contribution in [3.63, 3.8) is 0 Å². The summed E-state index contributed by atoms with van der Waals surface area (Å²) in [5.41, 5.74) is 4.25. The topological polar surface area (TPSA) is 4.93 Å². The lowest BCUT2D eigenvalue weighted by Crippen LogP contribution is -1.90. The average Bonchev–Trinajstić information content (AvgIpc) is 2.97. The summed E-state index contributed by atoms with van der Waals surface area (Å²) in [6, 6.07) is 9.17. The fourth-order valence-electron chi connectivity index (χ4n) is 2.16. The van der Waals surface area contributed by atoms with Gasteiger partial charge < -0.3 is 4.57 Å². The summed E-state index contributed by atoms with van der Waals surface area (Å²) in [4.78, 5) is 0. The minimum Gasteiger partial charge on any atom is -0.348 e. The third kappa shape index (κ3) is 1.08. The van der Waals surface area contributed by atoms with Crippen LogP contribution in [0.3, 0.4) is 0 Å². The van der Waals surface area contributed by atoms with Gasteiger partial charge in [-0.1, -0.05) is 12.1 Å². The summed E-state index contributed by atoms with van der Waals surface area (Å²) in [6.45, 7) is 2.16. The van der Waals surface area contributed by atoms with Gasteiger partial charge in [-0.2, -0.15) is 0 Å². The zero-order valence-electron chi connectivity index (χ0n) is 8.75. The SMILES string of the molecule is Cc1cc2ccc(C3CC3)cc2n1C. The second-order valence-electron chi connectivity index (χ2n) is 4.44. The van der Waals surface area contributed by atoms with Gasteiger partial charge in [-0.25, -0.2) is 0 Å². The van der Waals surface area contributed by atoms with Gasteiger partial charge in [0.15, 0.2) is 0 Å². The molecule has 1 aliphatic carbocycles. The van der Waals surface area contributed by atoms with Gasteiger partial charge in [-0.15, -0.1) is 0 Å². The number of benzene rings is 1. The lowest BCUT2D eigenvalue weighted by molar-refractivity contribution is 0.916. The molecule has 0 spiro atoms. The lowest BCUT2D eigenvalue weighted by Gasteiger charge is -2.01. The molecular weight excluding hydrogens is 170 g/mol. The standard InChI is InChI=1S/C13H15N/c1-9-7-12-6-5-11(10-3-4-10)8-13(12)14(9)2/h5-8,10H,3-4H2,1-2H3. The summed E-state index contributed by atoms with van der Waals surface area (Å²) in [7, 11) is 2.15. The third-order valence-corrected chi connectivity index (χ3v) is 3.36. The van der Waals surface area contributed by atoms with E-state index < -0.39 is 0 Å². The van der Waals surface area contributed by atoms with Crippen LogP contribution in [-0.2, 0) is 7.05 Å². The van der Waals surface area contributed by atoms with Crippen molar-refractivity contribution in [2.75, 3.05) is 0 Å². The Kier molecular flexibility index (Phi) is 1.52. The van der Waals surface area contributed by atoms with E-state index in [0.29, 0.717) is 0 Å². The second kappa shape index (κ2) is 2.63. The summed E-state index contributed by atoms with van der Waals surface area (Å²) >= 11 is 0. The number of hydrogen-bond donors (Lipinski definition) is 0. The van der Waals surface area contributed by atoms with Crippen LogP contribution in [0.25, 0.3) is 10.9 Å². The minimum atomic E-state index is 0.856. The molecule has 0 unspecified atom stereocenters. The Bertz CT molecular complexity index is 489. The normalized spacial score (nSPS) is 16.4. The van der Waals surface area contributed by atoms with E-state index >= 15 is 0 Å². The number of nitrogens with zero attached hydrogens (tertiary/aromatic N) is 1. The summed E-state index contributed by atoms with van der Waals surface area (Å²) in [5, 5.41) is 1.37. The van der Waals surface area contributed by atoms with Crippen LogP contribution in [0.2, 0.25) is 0 Å². The van der Waals surface area contributed by atoms with E-state index in [0.717, 1.165) is 5.92 Å². The van der Waals surface area contributed by atoms with Gasteiger partial charge in [0, 0.05) is 18.3 Å². The monoisotopic (exact) mass is 185 g/mol. The molecule has 1 fully saturated rings. The summed E-state index contributed by atoms with van der Waals surface area (Å²) in [6.07, 6.45) is 2.77. The molecular formula is C13H15N. The molecule has 0 bridgehead atoms. The van der Waals surface area contributed by atoms with Gasteiger partial charge in [0.2, 0.25) is 0 Å². The van der Waals surface area contributed by atoms with Crippen molar-refractivity contribution < 1.29 is 0 Å². The Labute approximate surface area is 84.4 Å². The maximum absolute atomic E-state index is 2.36. The van der Waals surface area contributed by atoms with Gasteiger partial charge in [-0.3, -0.25) is 0 Å². The van der Waals surface area contributed by atoms with Crippen LogP contribution in [0.5, 0.6) is 0 Å². The first-order chi connectivity index (χ1) is 6.75. The fraction of sp³-hybridized carbons (Fsp3) is 0.385. The second-order valence-corrected chi connectivity index (χ2v) is 4.44. The van der Waals surface area contributed by atoms with Crippen molar-refractivity contribution in [2.45, 2.75) is 25.7 Å². The average molecular weight is 185 g/mol. The zero-order valence-corrected chi connectivity index (χ0v) is 8.75.